The van der Waals surface area contributed by atoms with Gasteiger partial charge in [-0.3, -0.25) is 0 Å². The lowest BCUT2D eigenvalue weighted by atomic mass is 9.86. The highest BCUT2D eigenvalue weighted by Gasteiger charge is 2.40. The van der Waals surface area contributed by atoms with Crippen molar-refractivity contribution in [3.05, 3.63) is 40.4 Å². The van der Waals surface area contributed by atoms with Crippen LogP contribution in [0.15, 0.2) is 30.4 Å². The number of carbonyl (C=O) groups is 2. The fourth-order valence-electron chi connectivity index (χ4n) is 2.50. The molecule has 1 saturated heterocycles. The minimum absolute atomic E-state index is 0.0784. The van der Waals surface area contributed by atoms with Crippen LogP contribution in [0.25, 0.3) is 0 Å². The van der Waals surface area contributed by atoms with Gasteiger partial charge in [0.15, 0.2) is 0 Å². The predicted molar refractivity (Wildman–Crippen MR) is 107 cm³/mol. The Bertz CT molecular complexity index is 671. The summed E-state index contributed by atoms with van der Waals surface area (Å²) in [6, 6.07) is 5.30. The van der Waals surface area contributed by atoms with Crippen molar-refractivity contribution in [3.8, 4) is 5.75 Å². The lowest BCUT2D eigenvalue weighted by Crippen LogP contribution is -2.54. The predicted octanol–water partition coefficient (Wildman–Crippen LogP) is 3.44. The number of carboxylic acid groups (broad SMARTS) is 2. The van der Waals surface area contributed by atoms with E-state index in [2.05, 4.69) is 18.7 Å². The molecule has 0 bridgehead atoms. The number of rotatable bonds is 9. The van der Waals surface area contributed by atoms with Gasteiger partial charge >= 0.3 is 11.9 Å². The Labute approximate surface area is 174 Å². The average Bonchev–Trinajstić information content (AvgIpc) is 2.61. The number of hydrogen-bond donors (Lipinski definition) is 2. The van der Waals surface area contributed by atoms with E-state index < -0.39 is 11.9 Å². The summed E-state index contributed by atoms with van der Waals surface area (Å²) in [7, 11) is 0. The molecule has 2 N–H and O–H groups in total. The molecule has 1 aromatic rings. The molecule has 1 aromatic carbocycles. The molecule has 1 aliphatic heterocycles. The Morgan fingerprint density at radius 1 is 1.18 bits per heavy atom. The van der Waals surface area contributed by atoms with Crippen molar-refractivity contribution in [2.75, 3.05) is 39.5 Å². The second kappa shape index (κ2) is 11.9. The van der Waals surface area contributed by atoms with E-state index in [9.17, 15) is 9.59 Å². The molecule has 1 heterocycles. The summed E-state index contributed by atoms with van der Waals surface area (Å²) < 4.78 is 11.3. The number of nitrogens with zero attached hydrogens (tertiary/aromatic N) is 1. The van der Waals surface area contributed by atoms with Gasteiger partial charge in [0.2, 0.25) is 0 Å². The Kier molecular flexibility index (Phi) is 10.3. The van der Waals surface area contributed by atoms with E-state index >= 15 is 0 Å². The van der Waals surface area contributed by atoms with Gasteiger partial charge in [0.25, 0.3) is 0 Å². The summed E-state index contributed by atoms with van der Waals surface area (Å²) in [6.07, 6.45) is 1.12. The molecule has 28 heavy (non-hydrogen) atoms. The van der Waals surface area contributed by atoms with Crippen molar-refractivity contribution >= 4 is 35.1 Å². The van der Waals surface area contributed by atoms with Gasteiger partial charge in [-0.25, -0.2) is 9.59 Å². The summed E-state index contributed by atoms with van der Waals surface area (Å²) in [5.74, 6) is -1.83. The number of aliphatic carboxylic acids is 2. The molecule has 0 spiro atoms. The summed E-state index contributed by atoms with van der Waals surface area (Å²) >= 11 is 12.0. The van der Waals surface area contributed by atoms with E-state index in [1.807, 2.05) is 6.07 Å². The third kappa shape index (κ3) is 8.48. The molecule has 0 saturated carbocycles. The Hall–Kier alpha value is -1.80. The van der Waals surface area contributed by atoms with Crippen LogP contribution in [0.3, 0.4) is 0 Å². The molecule has 0 aromatic heterocycles. The van der Waals surface area contributed by atoms with Crippen LogP contribution >= 0.6 is 23.2 Å². The maximum absolute atomic E-state index is 9.55. The molecular formula is C19H25Cl2NO6. The molecule has 0 unspecified atom stereocenters. The van der Waals surface area contributed by atoms with Gasteiger partial charge in [0, 0.05) is 23.7 Å². The van der Waals surface area contributed by atoms with Gasteiger partial charge in [-0.05, 0) is 31.3 Å². The summed E-state index contributed by atoms with van der Waals surface area (Å²) in [5, 5.41) is 16.8. The third-order valence-electron chi connectivity index (χ3n) is 4.07. The Morgan fingerprint density at radius 3 is 2.14 bits per heavy atom. The molecule has 2 rings (SSSR count). The smallest absolute Gasteiger partial charge is 0.328 e. The van der Waals surface area contributed by atoms with Crippen molar-refractivity contribution in [3.63, 3.8) is 0 Å². The lowest BCUT2D eigenvalue weighted by molar-refractivity contribution is -0.143. The van der Waals surface area contributed by atoms with E-state index in [0.29, 0.717) is 34.6 Å². The molecular weight excluding hydrogens is 409 g/mol. The largest absolute Gasteiger partial charge is 0.491 e. The normalized spacial score (nSPS) is 14.9. The minimum Gasteiger partial charge on any atom is -0.491 e. The number of carboxylic acids is 2. The molecule has 1 aliphatic rings. The van der Waals surface area contributed by atoms with Gasteiger partial charge in [-0.2, -0.15) is 0 Å². The first kappa shape index (κ1) is 24.2. The molecule has 9 heteroatoms. The standard InChI is InChI=1S/C15H21Cl2NO2.C4H4O4/c1-3-18(4-2)8-15(9-19-10-15)11-20-14-6-5-12(16)7-13(14)17;5-3(6)1-2-4(7)8/h5-7H,3-4,8-11H2,1-2H3;1-2H,(H,5,6)(H,7,8)/b;2-1-. The zero-order valence-electron chi connectivity index (χ0n) is 15.9. The first-order valence-electron chi connectivity index (χ1n) is 8.73. The van der Waals surface area contributed by atoms with E-state index in [1.165, 1.54) is 0 Å². The fraction of sp³-hybridized carbons (Fsp3) is 0.474. The maximum Gasteiger partial charge on any atom is 0.328 e. The zero-order valence-corrected chi connectivity index (χ0v) is 17.4. The first-order valence-corrected chi connectivity index (χ1v) is 9.49. The number of benzene rings is 1. The van der Waals surface area contributed by atoms with Crippen LogP contribution < -0.4 is 4.74 Å². The monoisotopic (exact) mass is 433 g/mol. The highest BCUT2D eigenvalue weighted by molar-refractivity contribution is 6.35. The summed E-state index contributed by atoms with van der Waals surface area (Å²) in [4.78, 5) is 21.5. The Balaban J connectivity index is 0.000000416. The summed E-state index contributed by atoms with van der Waals surface area (Å²) in [5.41, 5.74) is 0.0784. The zero-order chi connectivity index (χ0) is 21.2. The molecule has 7 nitrogen and oxygen atoms in total. The van der Waals surface area contributed by atoms with Crippen molar-refractivity contribution in [2.24, 2.45) is 5.41 Å². The van der Waals surface area contributed by atoms with Crippen LogP contribution in [0.2, 0.25) is 10.0 Å². The van der Waals surface area contributed by atoms with Crippen LogP contribution in [-0.2, 0) is 14.3 Å². The molecule has 0 atom stereocenters. The topological polar surface area (TPSA) is 96.3 Å². The second-order valence-electron chi connectivity index (χ2n) is 6.33. The molecule has 0 radical (unpaired) electrons. The van der Waals surface area contributed by atoms with Gasteiger partial charge in [0.1, 0.15) is 5.75 Å². The van der Waals surface area contributed by atoms with Gasteiger partial charge in [-0.15, -0.1) is 0 Å². The highest BCUT2D eigenvalue weighted by Crippen LogP contribution is 2.33. The number of halogens is 2. The van der Waals surface area contributed by atoms with Crippen LogP contribution in [0.5, 0.6) is 5.75 Å². The van der Waals surface area contributed by atoms with E-state index in [4.69, 9.17) is 42.9 Å². The molecule has 0 aliphatic carbocycles. The molecule has 0 amide bonds. The van der Waals surface area contributed by atoms with Crippen molar-refractivity contribution in [2.45, 2.75) is 13.8 Å². The SMILES string of the molecule is CCN(CC)CC1(COc2ccc(Cl)cc2Cl)COC1.O=C(O)/C=C\C(=O)O. The maximum atomic E-state index is 9.55. The van der Waals surface area contributed by atoms with E-state index in [-0.39, 0.29) is 5.41 Å². The van der Waals surface area contributed by atoms with Crippen molar-refractivity contribution in [1.29, 1.82) is 0 Å². The molecule has 1 fully saturated rings. The van der Waals surface area contributed by atoms with Crippen molar-refractivity contribution in [1.82, 2.24) is 4.90 Å². The first-order chi connectivity index (χ1) is 13.2. The van der Waals surface area contributed by atoms with Crippen LogP contribution in [0.1, 0.15) is 13.8 Å². The quantitative estimate of drug-likeness (QED) is 0.575. The highest BCUT2D eigenvalue weighted by atomic mass is 35.5. The van der Waals surface area contributed by atoms with Crippen LogP contribution in [0, 0.1) is 5.41 Å². The Morgan fingerprint density at radius 2 is 1.75 bits per heavy atom. The summed E-state index contributed by atoms with van der Waals surface area (Å²) in [6.45, 7) is 9.53. The van der Waals surface area contributed by atoms with E-state index in [1.54, 1.807) is 12.1 Å². The van der Waals surface area contributed by atoms with E-state index in [0.717, 1.165) is 32.8 Å². The third-order valence-corrected chi connectivity index (χ3v) is 4.60. The average molecular weight is 434 g/mol. The second-order valence-corrected chi connectivity index (χ2v) is 7.17. The molecule has 156 valence electrons. The van der Waals surface area contributed by atoms with Crippen LogP contribution in [0.4, 0.5) is 0 Å². The number of ether oxygens (including phenoxy) is 2. The van der Waals surface area contributed by atoms with Crippen LogP contribution in [-0.4, -0.2) is 66.5 Å². The lowest BCUT2D eigenvalue weighted by Gasteiger charge is -2.43. The van der Waals surface area contributed by atoms with Gasteiger partial charge in [-0.1, -0.05) is 37.0 Å². The number of hydrogen-bond acceptors (Lipinski definition) is 5. The van der Waals surface area contributed by atoms with Gasteiger partial charge in [0.05, 0.1) is 30.3 Å². The van der Waals surface area contributed by atoms with Gasteiger partial charge < -0.3 is 24.6 Å². The fourth-order valence-corrected chi connectivity index (χ4v) is 2.96. The minimum atomic E-state index is -1.26. The van der Waals surface area contributed by atoms with Crippen molar-refractivity contribution < 1.29 is 29.3 Å².